The molecule has 0 bridgehead atoms. The second kappa shape index (κ2) is 11.1. The van der Waals surface area contributed by atoms with Crippen molar-refractivity contribution in [2.24, 2.45) is 0 Å². The molecular weight excluding hydrogens is 335 g/mol. The Bertz CT molecular complexity index is 413. The molecule has 0 aliphatic carbocycles. The van der Waals surface area contributed by atoms with E-state index in [-0.39, 0.29) is 25.0 Å². The van der Waals surface area contributed by atoms with Crippen molar-refractivity contribution in [1.29, 1.82) is 0 Å². The van der Waals surface area contributed by atoms with E-state index >= 15 is 0 Å². The van der Waals surface area contributed by atoms with E-state index < -0.39 is 7.29 Å². The molecule has 0 aromatic carbocycles. The van der Waals surface area contributed by atoms with E-state index in [0.717, 1.165) is 12.8 Å². The normalized spacial score (nSPS) is 18.6. The average Bonchev–Trinajstić information content (AvgIpc) is 2.57. The van der Waals surface area contributed by atoms with Crippen molar-refractivity contribution in [3.05, 3.63) is 0 Å². The summed E-state index contributed by atoms with van der Waals surface area (Å²) in [5.74, 6) is 0. The number of hydrogen-bond donors (Lipinski definition) is 1. The molecule has 142 valence electrons. The van der Waals surface area contributed by atoms with Gasteiger partial charge in [-0.15, -0.1) is 0 Å². The maximum Gasteiger partial charge on any atom is 0.409 e. The zero-order chi connectivity index (χ0) is 18.0. The van der Waals surface area contributed by atoms with Crippen LogP contribution in [0.25, 0.3) is 0 Å². The number of carbonyl (C=O) groups excluding carboxylic acids is 1. The van der Waals surface area contributed by atoms with Crippen LogP contribution in [0.2, 0.25) is 0 Å². The lowest BCUT2D eigenvalue weighted by Gasteiger charge is -2.36. The van der Waals surface area contributed by atoms with Crippen molar-refractivity contribution in [3.63, 3.8) is 0 Å². The average molecular weight is 366 g/mol. The minimum absolute atomic E-state index is 0.00364. The van der Waals surface area contributed by atoms with Crippen LogP contribution in [0.5, 0.6) is 0 Å². The Kier molecular flexibility index (Phi) is 9.85. The number of amides is 1. The molecule has 1 aliphatic rings. The number of carbonyl (C=O) groups is 1. The molecule has 1 rings (SSSR count). The quantitative estimate of drug-likeness (QED) is 0.457. The van der Waals surface area contributed by atoms with Crippen LogP contribution in [-0.4, -0.2) is 99.9 Å². The van der Waals surface area contributed by atoms with Gasteiger partial charge in [0, 0.05) is 25.4 Å². The fourth-order valence-corrected chi connectivity index (χ4v) is 4.36. The van der Waals surface area contributed by atoms with Gasteiger partial charge < -0.3 is 28.8 Å². The standard InChI is InChI=1S/C15H31N2O6P/c1-16(2)24(3,20)14-4-6-17(7-5-14)15(19)23-13-12-22-11-10-21-9-8-18/h14,18H,4-13H2,1-3H3. The van der Waals surface area contributed by atoms with Crippen LogP contribution < -0.4 is 0 Å². The van der Waals surface area contributed by atoms with Gasteiger partial charge in [0.2, 0.25) is 0 Å². The van der Waals surface area contributed by atoms with Gasteiger partial charge in [-0.1, -0.05) is 0 Å². The lowest BCUT2D eigenvalue weighted by atomic mass is 10.1. The second-order valence-electron chi connectivity index (χ2n) is 6.07. The van der Waals surface area contributed by atoms with Crippen molar-refractivity contribution in [1.82, 2.24) is 9.57 Å². The molecule has 1 saturated heterocycles. The van der Waals surface area contributed by atoms with Gasteiger partial charge in [-0.25, -0.2) is 4.79 Å². The number of aliphatic hydroxyl groups excluding tert-OH is 1. The number of rotatable bonds is 10. The lowest BCUT2D eigenvalue weighted by Crippen LogP contribution is -2.41. The largest absolute Gasteiger partial charge is 0.447 e. The molecule has 1 amide bonds. The van der Waals surface area contributed by atoms with E-state index in [4.69, 9.17) is 19.3 Å². The highest BCUT2D eigenvalue weighted by Gasteiger charge is 2.34. The lowest BCUT2D eigenvalue weighted by molar-refractivity contribution is 0.0135. The summed E-state index contributed by atoms with van der Waals surface area (Å²) in [5.41, 5.74) is 0.138. The second-order valence-corrected chi connectivity index (χ2v) is 9.49. The number of aliphatic hydroxyl groups is 1. The molecule has 0 saturated carbocycles. The Morgan fingerprint density at radius 1 is 1.12 bits per heavy atom. The van der Waals surface area contributed by atoms with E-state index in [0.29, 0.717) is 39.5 Å². The maximum atomic E-state index is 12.6. The summed E-state index contributed by atoms with van der Waals surface area (Å²) in [6.07, 6.45) is 1.13. The molecule has 0 spiro atoms. The molecule has 1 fully saturated rings. The van der Waals surface area contributed by atoms with Crippen molar-refractivity contribution >= 4 is 13.4 Å². The number of likely N-dealkylation sites (tertiary alicyclic amines) is 1. The zero-order valence-corrected chi connectivity index (χ0v) is 15.9. The van der Waals surface area contributed by atoms with Gasteiger partial charge in [-0.3, -0.25) is 4.67 Å². The van der Waals surface area contributed by atoms with Crippen LogP contribution in [0.4, 0.5) is 4.79 Å². The van der Waals surface area contributed by atoms with Gasteiger partial charge >= 0.3 is 6.09 Å². The predicted molar refractivity (Wildman–Crippen MR) is 91.9 cm³/mol. The Labute approximate surface area is 144 Å². The molecular formula is C15H31N2O6P. The first-order valence-electron chi connectivity index (χ1n) is 8.32. The number of piperidine rings is 1. The molecule has 8 nitrogen and oxygen atoms in total. The smallest absolute Gasteiger partial charge is 0.409 e. The Balaban J connectivity index is 2.14. The van der Waals surface area contributed by atoms with Crippen LogP contribution in [-0.2, 0) is 18.8 Å². The Morgan fingerprint density at radius 3 is 2.21 bits per heavy atom. The topological polar surface area (TPSA) is 88.5 Å². The summed E-state index contributed by atoms with van der Waals surface area (Å²) in [6.45, 7) is 4.58. The minimum atomic E-state index is -2.33. The van der Waals surface area contributed by atoms with Crippen LogP contribution in [0, 0.1) is 0 Å². The third kappa shape index (κ3) is 7.07. The van der Waals surface area contributed by atoms with Gasteiger partial charge in [0.25, 0.3) is 0 Å². The summed E-state index contributed by atoms with van der Waals surface area (Å²) in [5, 5.41) is 8.53. The van der Waals surface area contributed by atoms with E-state index in [1.165, 1.54) is 0 Å². The van der Waals surface area contributed by atoms with Crippen LogP contribution in [0.3, 0.4) is 0 Å². The Morgan fingerprint density at radius 2 is 1.67 bits per heavy atom. The van der Waals surface area contributed by atoms with Crippen LogP contribution >= 0.6 is 7.29 Å². The molecule has 0 aromatic rings. The fraction of sp³-hybridized carbons (Fsp3) is 0.933. The highest BCUT2D eigenvalue weighted by atomic mass is 31.2. The van der Waals surface area contributed by atoms with E-state index in [2.05, 4.69) is 0 Å². The summed E-state index contributed by atoms with van der Waals surface area (Å²) in [7, 11) is 1.36. The first kappa shape index (κ1) is 21.4. The van der Waals surface area contributed by atoms with Gasteiger partial charge in [0.15, 0.2) is 0 Å². The van der Waals surface area contributed by atoms with Crippen molar-refractivity contribution in [2.45, 2.75) is 18.5 Å². The third-order valence-electron chi connectivity index (χ3n) is 4.26. The van der Waals surface area contributed by atoms with Crippen molar-refractivity contribution < 1.29 is 28.7 Å². The summed E-state index contributed by atoms with van der Waals surface area (Å²) >= 11 is 0. The minimum Gasteiger partial charge on any atom is -0.447 e. The molecule has 1 atom stereocenters. The van der Waals surface area contributed by atoms with Gasteiger partial charge in [-0.2, -0.15) is 0 Å². The van der Waals surface area contributed by atoms with Crippen LogP contribution in [0.15, 0.2) is 0 Å². The molecule has 1 heterocycles. The Hall–Kier alpha value is -0.660. The number of ether oxygens (including phenoxy) is 3. The first-order chi connectivity index (χ1) is 11.4. The molecule has 1 N–H and O–H groups in total. The monoisotopic (exact) mass is 366 g/mol. The highest BCUT2D eigenvalue weighted by molar-refractivity contribution is 7.61. The molecule has 1 aliphatic heterocycles. The highest BCUT2D eigenvalue weighted by Crippen LogP contribution is 2.52. The molecule has 0 aromatic heterocycles. The van der Waals surface area contributed by atoms with Gasteiger partial charge in [0.05, 0.1) is 33.0 Å². The van der Waals surface area contributed by atoms with E-state index in [9.17, 15) is 9.36 Å². The summed E-state index contributed by atoms with van der Waals surface area (Å²) in [4.78, 5) is 13.6. The SMILES string of the molecule is CN(C)P(C)(=O)C1CCN(C(=O)OCCOCCOCCO)CC1. The van der Waals surface area contributed by atoms with Crippen molar-refractivity contribution in [3.8, 4) is 0 Å². The van der Waals surface area contributed by atoms with Gasteiger partial charge in [0.1, 0.15) is 13.9 Å². The van der Waals surface area contributed by atoms with E-state index in [1.807, 2.05) is 25.4 Å². The summed E-state index contributed by atoms with van der Waals surface area (Å²) < 4.78 is 29.9. The first-order valence-corrected chi connectivity index (χ1v) is 10.5. The molecule has 9 heteroatoms. The van der Waals surface area contributed by atoms with Crippen molar-refractivity contribution in [2.75, 3.05) is 73.5 Å². The molecule has 24 heavy (non-hydrogen) atoms. The van der Waals surface area contributed by atoms with Gasteiger partial charge in [-0.05, 0) is 26.9 Å². The summed E-state index contributed by atoms with van der Waals surface area (Å²) in [6, 6.07) is 0. The molecule has 1 unspecified atom stereocenters. The maximum absolute atomic E-state index is 12.6. The van der Waals surface area contributed by atoms with E-state index in [1.54, 1.807) is 4.90 Å². The number of hydrogen-bond acceptors (Lipinski definition) is 6. The zero-order valence-electron chi connectivity index (χ0n) is 15.0. The number of nitrogens with zero attached hydrogens (tertiary/aromatic N) is 2. The van der Waals surface area contributed by atoms with Crippen LogP contribution in [0.1, 0.15) is 12.8 Å². The third-order valence-corrected chi connectivity index (χ3v) is 7.72. The molecule has 0 radical (unpaired) electrons. The predicted octanol–water partition coefficient (Wildman–Crippen LogP) is 1.08. The fourth-order valence-electron chi connectivity index (χ4n) is 2.52.